The van der Waals surface area contributed by atoms with Crippen LogP contribution in [0, 0.1) is 5.92 Å². The molecule has 0 radical (unpaired) electrons. The molecule has 0 saturated heterocycles. The van der Waals surface area contributed by atoms with E-state index in [1.54, 1.807) is 16.8 Å². The molecule has 0 bridgehead atoms. The van der Waals surface area contributed by atoms with Gasteiger partial charge in [-0.25, -0.2) is 22.9 Å². The molecule has 1 atom stereocenters. The standard InChI is InChI=1S/C29H49N7O3S/c1-5-36(6-2)20-13-21-40(38,39)33-26(19-18-24-14-9-7-10-15-24)28-30-27(31-32-28)23-35(4)29(37)34(3)22-25-16-11-8-12-17-25/h7,9-10,14-15,25-26,33H,5-6,8,11-13,16-23H2,1-4H3,(H,30,31,32)/t26-/m1/s1. The van der Waals surface area contributed by atoms with E-state index in [0.717, 1.165) is 31.7 Å². The van der Waals surface area contributed by atoms with Crippen LogP contribution in [-0.2, 0) is 23.0 Å². The van der Waals surface area contributed by atoms with Crippen LogP contribution in [0.1, 0.15) is 82.0 Å². The van der Waals surface area contributed by atoms with Gasteiger partial charge in [0.15, 0.2) is 5.82 Å². The molecule has 11 heteroatoms. The second-order valence-corrected chi connectivity index (χ2v) is 12.9. The van der Waals surface area contributed by atoms with Gasteiger partial charge in [-0.1, -0.05) is 63.4 Å². The Morgan fingerprint density at radius 1 is 1.07 bits per heavy atom. The van der Waals surface area contributed by atoms with E-state index in [-0.39, 0.29) is 18.3 Å². The van der Waals surface area contributed by atoms with Gasteiger partial charge in [0.1, 0.15) is 5.82 Å². The summed E-state index contributed by atoms with van der Waals surface area (Å²) in [5, 5.41) is 7.31. The number of benzene rings is 1. The van der Waals surface area contributed by atoms with Crippen LogP contribution >= 0.6 is 0 Å². The van der Waals surface area contributed by atoms with Crippen molar-refractivity contribution in [2.45, 2.75) is 77.8 Å². The van der Waals surface area contributed by atoms with Gasteiger partial charge in [-0.3, -0.25) is 5.10 Å². The monoisotopic (exact) mass is 575 g/mol. The Balaban J connectivity index is 1.63. The topological polar surface area (TPSA) is 115 Å². The van der Waals surface area contributed by atoms with E-state index in [9.17, 15) is 13.2 Å². The molecule has 0 aliphatic heterocycles. The van der Waals surface area contributed by atoms with Crippen molar-refractivity contribution in [2.75, 3.05) is 46.0 Å². The summed E-state index contributed by atoms with van der Waals surface area (Å²) in [5.74, 6) is 1.54. The van der Waals surface area contributed by atoms with Crippen molar-refractivity contribution < 1.29 is 13.2 Å². The predicted octanol–water partition coefficient (Wildman–Crippen LogP) is 4.19. The molecule has 1 aromatic heterocycles. The van der Waals surface area contributed by atoms with Crippen LogP contribution in [0.3, 0.4) is 0 Å². The fourth-order valence-electron chi connectivity index (χ4n) is 5.45. The average molecular weight is 576 g/mol. The maximum absolute atomic E-state index is 13.0. The van der Waals surface area contributed by atoms with Crippen molar-refractivity contribution in [1.29, 1.82) is 0 Å². The van der Waals surface area contributed by atoms with Crippen LogP contribution in [0.2, 0.25) is 0 Å². The zero-order valence-electron chi connectivity index (χ0n) is 24.8. The van der Waals surface area contributed by atoms with E-state index in [1.807, 2.05) is 37.4 Å². The minimum Gasteiger partial charge on any atom is -0.327 e. The van der Waals surface area contributed by atoms with E-state index in [1.165, 1.54) is 32.1 Å². The number of aryl methyl sites for hydroxylation is 1. The molecule has 40 heavy (non-hydrogen) atoms. The number of urea groups is 1. The van der Waals surface area contributed by atoms with E-state index >= 15 is 0 Å². The number of nitrogens with zero attached hydrogens (tertiary/aromatic N) is 5. The van der Waals surface area contributed by atoms with Gasteiger partial charge in [-0.05, 0) is 63.2 Å². The highest BCUT2D eigenvalue weighted by atomic mass is 32.2. The van der Waals surface area contributed by atoms with Crippen LogP contribution in [-0.4, -0.2) is 90.4 Å². The van der Waals surface area contributed by atoms with Crippen molar-refractivity contribution in [2.24, 2.45) is 5.92 Å². The normalized spacial score (nSPS) is 15.3. The van der Waals surface area contributed by atoms with Crippen molar-refractivity contribution in [1.82, 2.24) is 34.6 Å². The molecule has 1 fully saturated rings. The molecule has 0 unspecified atom stereocenters. The third-order valence-corrected chi connectivity index (χ3v) is 9.30. The van der Waals surface area contributed by atoms with Gasteiger partial charge in [-0.15, -0.1) is 0 Å². The summed E-state index contributed by atoms with van der Waals surface area (Å²) in [6.45, 7) is 7.73. The van der Waals surface area contributed by atoms with Crippen LogP contribution < -0.4 is 4.72 Å². The van der Waals surface area contributed by atoms with Crippen LogP contribution in [0.25, 0.3) is 0 Å². The first-order chi connectivity index (χ1) is 19.2. The number of aromatic nitrogens is 3. The van der Waals surface area contributed by atoms with E-state index in [0.29, 0.717) is 36.8 Å². The first kappa shape index (κ1) is 32.0. The maximum atomic E-state index is 13.0. The molecule has 2 amide bonds. The van der Waals surface area contributed by atoms with Gasteiger partial charge in [-0.2, -0.15) is 5.10 Å². The fourth-order valence-corrected chi connectivity index (χ4v) is 6.73. The molecular formula is C29H49N7O3S. The first-order valence-electron chi connectivity index (χ1n) is 14.8. The van der Waals surface area contributed by atoms with E-state index in [4.69, 9.17) is 0 Å². The number of rotatable bonds is 16. The predicted molar refractivity (Wildman–Crippen MR) is 159 cm³/mol. The molecule has 0 spiro atoms. The van der Waals surface area contributed by atoms with Gasteiger partial charge in [0.25, 0.3) is 0 Å². The Labute approximate surface area is 241 Å². The number of amides is 2. The average Bonchev–Trinajstić information content (AvgIpc) is 3.42. The number of carbonyl (C=O) groups is 1. The molecule has 1 aliphatic rings. The van der Waals surface area contributed by atoms with Crippen molar-refractivity contribution in [3.05, 3.63) is 47.5 Å². The lowest BCUT2D eigenvalue weighted by molar-refractivity contribution is 0.157. The summed E-state index contributed by atoms with van der Waals surface area (Å²) < 4.78 is 28.9. The second-order valence-electron chi connectivity index (χ2n) is 11.1. The van der Waals surface area contributed by atoms with Gasteiger partial charge in [0, 0.05) is 20.6 Å². The number of sulfonamides is 1. The highest BCUT2D eigenvalue weighted by Gasteiger charge is 2.25. The zero-order chi connectivity index (χ0) is 29.0. The zero-order valence-corrected chi connectivity index (χ0v) is 25.6. The lowest BCUT2D eigenvalue weighted by Gasteiger charge is -2.29. The highest BCUT2D eigenvalue weighted by molar-refractivity contribution is 7.89. The molecule has 1 heterocycles. The van der Waals surface area contributed by atoms with Crippen LogP contribution in [0.4, 0.5) is 4.79 Å². The summed E-state index contributed by atoms with van der Waals surface area (Å²) in [5.41, 5.74) is 1.12. The largest absolute Gasteiger partial charge is 0.327 e. The molecule has 2 aromatic rings. The number of nitrogens with one attached hydrogen (secondary N) is 2. The quantitative estimate of drug-likeness (QED) is 0.310. The summed E-state index contributed by atoms with van der Waals surface area (Å²) in [6.07, 6.45) is 7.91. The number of hydrogen-bond acceptors (Lipinski definition) is 6. The summed E-state index contributed by atoms with van der Waals surface area (Å²) >= 11 is 0. The lowest BCUT2D eigenvalue weighted by Crippen LogP contribution is -2.41. The molecule has 10 nitrogen and oxygen atoms in total. The number of hydrogen-bond donors (Lipinski definition) is 2. The molecule has 2 N–H and O–H groups in total. The van der Waals surface area contributed by atoms with E-state index < -0.39 is 16.1 Å². The first-order valence-corrected chi connectivity index (χ1v) is 16.5. The third-order valence-electron chi connectivity index (χ3n) is 7.83. The van der Waals surface area contributed by atoms with E-state index in [2.05, 4.69) is 38.7 Å². The second kappa shape index (κ2) is 16.1. The van der Waals surface area contributed by atoms with Gasteiger partial charge >= 0.3 is 6.03 Å². The number of aromatic amines is 1. The fraction of sp³-hybridized carbons (Fsp3) is 0.690. The third kappa shape index (κ3) is 10.5. The van der Waals surface area contributed by atoms with Gasteiger partial charge in [0.2, 0.25) is 10.0 Å². The van der Waals surface area contributed by atoms with Crippen molar-refractivity contribution >= 4 is 16.1 Å². The molecular weight excluding hydrogens is 526 g/mol. The smallest absolute Gasteiger partial charge is 0.319 e. The molecule has 1 aliphatic carbocycles. The summed E-state index contributed by atoms with van der Waals surface area (Å²) in [7, 11) is 0.0725. The Hall–Kier alpha value is -2.50. The Morgan fingerprint density at radius 3 is 2.45 bits per heavy atom. The van der Waals surface area contributed by atoms with Gasteiger partial charge in [0.05, 0.1) is 18.3 Å². The van der Waals surface area contributed by atoms with Crippen molar-refractivity contribution in [3.63, 3.8) is 0 Å². The molecule has 1 saturated carbocycles. The Kier molecular flexibility index (Phi) is 12.9. The van der Waals surface area contributed by atoms with Gasteiger partial charge < -0.3 is 14.7 Å². The maximum Gasteiger partial charge on any atom is 0.319 e. The minimum absolute atomic E-state index is 0.0488. The minimum atomic E-state index is -3.54. The van der Waals surface area contributed by atoms with Crippen LogP contribution in [0.5, 0.6) is 0 Å². The lowest BCUT2D eigenvalue weighted by atomic mass is 9.89. The van der Waals surface area contributed by atoms with Crippen LogP contribution in [0.15, 0.2) is 30.3 Å². The summed E-state index contributed by atoms with van der Waals surface area (Å²) in [6, 6.07) is 9.35. The molecule has 3 rings (SSSR count). The highest BCUT2D eigenvalue weighted by Crippen LogP contribution is 2.24. The molecule has 224 valence electrons. The SMILES string of the molecule is CCN(CC)CCCS(=O)(=O)N[C@H](CCc1ccccc1)c1n[nH]c(CN(C)C(=O)N(C)CC2CCCCC2)n1. The Morgan fingerprint density at radius 2 is 1.77 bits per heavy atom. The Bertz CT molecular complexity index is 1120. The summed E-state index contributed by atoms with van der Waals surface area (Å²) in [4.78, 5) is 23.3. The number of H-pyrrole nitrogens is 1. The van der Waals surface area contributed by atoms with Crippen molar-refractivity contribution in [3.8, 4) is 0 Å². The molecule has 1 aromatic carbocycles. The number of carbonyl (C=O) groups excluding carboxylic acids is 1.